The molecule has 3 rings (SSSR count). The lowest BCUT2D eigenvalue weighted by Gasteiger charge is -2.15. The molecule has 0 aliphatic carbocycles. The molecule has 0 saturated carbocycles. The van der Waals surface area contributed by atoms with Crippen LogP contribution >= 0.6 is 0 Å². The van der Waals surface area contributed by atoms with E-state index in [1.165, 1.54) is 0 Å². The van der Waals surface area contributed by atoms with Crippen LogP contribution < -0.4 is 15.4 Å². The van der Waals surface area contributed by atoms with Gasteiger partial charge in [-0.25, -0.2) is 4.79 Å². The minimum atomic E-state index is -0.579. The van der Waals surface area contributed by atoms with E-state index in [-0.39, 0.29) is 31.1 Å². The lowest BCUT2D eigenvalue weighted by atomic mass is 10.0. The summed E-state index contributed by atoms with van der Waals surface area (Å²) >= 11 is 0. The summed E-state index contributed by atoms with van der Waals surface area (Å²) in [5.41, 5.74) is 3.67. The first kappa shape index (κ1) is 32.8. The Morgan fingerprint density at radius 2 is 1.37 bits per heavy atom. The van der Waals surface area contributed by atoms with Crippen LogP contribution in [0.4, 0.5) is 11.4 Å². The van der Waals surface area contributed by atoms with Gasteiger partial charge in [0.25, 0.3) is 5.91 Å². The van der Waals surface area contributed by atoms with E-state index < -0.39 is 24.5 Å². The number of rotatable bonds is 14. The molecule has 3 aromatic rings. The third kappa shape index (κ3) is 11.3. The Morgan fingerprint density at radius 1 is 0.744 bits per heavy atom. The number of carbonyl (C=O) groups is 4. The van der Waals surface area contributed by atoms with Gasteiger partial charge in [-0.3, -0.25) is 14.4 Å². The summed E-state index contributed by atoms with van der Waals surface area (Å²) in [5, 5.41) is 5.41. The first-order valence-electron chi connectivity index (χ1n) is 14.4. The summed E-state index contributed by atoms with van der Waals surface area (Å²) in [4.78, 5) is 48.5. The zero-order chi connectivity index (χ0) is 31.4. The van der Waals surface area contributed by atoms with Gasteiger partial charge in [-0.2, -0.15) is 0 Å². The van der Waals surface area contributed by atoms with Crippen molar-refractivity contribution in [2.45, 2.75) is 59.8 Å². The normalized spacial score (nSPS) is 10.8. The summed E-state index contributed by atoms with van der Waals surface area (Å²) in [6, 6.07) is 19.5. The highest BCUT2D eigenvalue weighted by atomic mass is 16.5. The maximum Gasteiger partial charge on any atom is 0.338 e. The van der Waals surface area contributed by atoms with Crippen molar-refractivity contribution in [3.8, 4) is 11.5 Å². The van der Waals surface area contributed by atoms with E-state index in [0.717, 1.165) is 16.9 Å². The van der Waals surface area contributed by atoms with Gasteiger partial charge in [-0.1, -0.05) is 39.8 Å². The molecule has 228 valence electrons. The van der Waals surface area contributed by atoms with Crippen LogP contribution in [0.5, 0.6) is 11.5 Å². The molecule has 0 saturated heterocycles. The van der Waals surface area contributed by atoms with Crippen LogP contribution in [0.1, 0.15) is 74.4 Å². The van der Waals surface area contributed by atoms with E-state index in [9.17, 15) is 19.2 Å². The second kappa shape index (κ2) is 16.1. The Labute approximate surface area is 252 Å². The molecule has 0 bridgehead atoms. The minimum absolute atomic E-state index is 0.00462. The molecule has 2 amide bonds. The van der Waals surface area contributed by atoms with Crippen LogP contribution in [0, 0.1) is 12.8 Å². The van der Waals surface area contributed by atoms with E-state index >= 15 is 0 Å². The fourth-order valence-corrected chi connectivity index (χ4v) is 3.99. The highest BCUT2D eigenvalue weighted by Crippen LogP contribution is 2.32. The topological polar surface area (TPSA) is 120 Å². The summed E-state index contributed by atoms with van der Waals surface area (Å²) in [5.74, 6) is 0.256. The van der Waals surface area contributed by atoms with Gasteiger partial charge >= 0.3 is 11.9 Å². The number of nitrogens with one attached hydrogen (secondary N) is 2. The Kier molecular flexibility index (Phi) is 12.3. The number of hydrogen-bond donors (Lipinski definition) is 2. The van der Waals surface area contributed by atoms with Gasteiger partial charge < -0.3 is 24.8 Å². The minimum Gasteiger partial charge on any atom is -0.462 e. The first-order chi connectivity index (χ1) is 20.5. The molecule has 0 fully saturated rings. The zero-order valence-corrected chi connectivity index (χ0v) is 25.4. The molecule has 0 radical (unpaired) electrons. The molecule has 3 aromatic carbocycles. The van der Waals surface area contributed by atoms with Crippen molar-refractivity contribution in [3.63, 3.8) is 0 Å². The standard InChI is InChI=1S/C34H40N2O7/c1-22(2)20-42-34(40)25-10-12-26(13-11-25)36-32(38)21-41-33(39)8-6-7-31(37)35-27-14-16-28(17-15-27)43-30-19-24(5)9-18-29(30)23(3)4/h9-19,22-23H,6-8,20-21H2,1-5H3,(H,35,37)(H,36,38). The Balaban J connectivity index is 1.34. The lowest BCUT2D eigenvalue weighted by Crippen LogP contribution is -2.21. The van der Waals surface area contributed by atoms with Crippen molar-refractivity contribution >= 4 is 35.1 Å². The monoisotopic (exact) mass is 588 g/mol. The molecular weight excluding hydrogens is 548 g/mol. The molecule has 2 N–H and O–H groups in total. The molecular formula is C34H40N2O7. The van der Waals surface area contributed by atoms with Crippen molar-refractivity contribution in [1.29, 1.82) is 0 Å². The number of ether oxygens (including phenoxy) is 3. The average molecular weight is 589 g/mol. The maximum atomic E-state index is 12.3. The Morgan fingerprint density at radius 3 is 2.00 bits per heavy atom. The molecule has 0 spiro atoms. The van der Waals surface area contributed by atoms with Crippen molar-refractivity contribution in [2.75, 3.05) is 23.8 Å². The van der Waals surface area contributed by atoms with E-state index in [0.29, 0.717) is 35.2 Å². The smallest absolute Gasteiger partial charge is 0.338 e. The van der Waals surface area contributed by atoms with Gasteiger partial charge in [-0.15, -0.1) is 0 Å². The number of benzene rings is 3. The average Bonchev–Trinajstić information content (AvgIpc) is 2.96. The molecule has 0 atom stereocenters. The fourth-order valence-electron chi connectivity index (χ4n) is 3.99. The van der Waals surface area contributed by atoms with Gasteiger partial charge in [-0.05, 0) is 90.9 Å². The van der Waals surface area contributed by atoms with Crippen LogP contribution in [-0.2, 0) is 23.9 Å². The van der Waals surface area contributed by atoms with Gasteiger partial charge in [0.2, 0.25) is 5.91 Å². The number of carbonyl (C=O) groups excluding carboxylic acids is 4. The summed E-state index contributed by atoms with van der Waals surface area (Å²) < 4.78 is 16.3. The van der Waals surface area contributed by atoms with E-state index in [2.05, 4.69) is 36.6 Å². The van der Waals surface area contributed by atoms with Gasteiger partial charge in [0.15, 0.2) is 6.61 Å². The van der Waals surface area contributed by atoms with Gasteiger partial charge in [0.05, 0.1) is 12.2 Å². The van der Waals surface area contributed by atoms with Crippen LogP contribution in [-0.4, -0.2) is 37.0 Å². The van der Waals surface area contributed by atoms with E-state index in [1.54, 1.807) is 48.5 Å². The molecule has 0 unspecified atom stereocenters. The lowest BCUT2D eigenvalue weighted by molar-refractivity contribution is -0.147. The molecule has 0 aromatic heterocycles. The third-order valence-electron chi connectivity index (χ3n) is 6.26. The summed E-state index contributed by atoms with van der Waals surface area (Å²) in [7, 11) is 0. The van der Waals surface area contributed by atoms with E-state index in [1.807, 2.05) is 26.8 Å². The highest BCUT2D eigenvalue weighted by Gasteiger charge is 2.13. The third-order valence-corrected chi connectivity index (χ3v) is 6.26. The largest absolute Gasteiger partial charge is 0.462 e. The Bertz CT molecular complexity index is 1400. The van der Waals surface area contributed by atoms with Gasteiger partial charge in [0.1, 0.15) is 11.5 Å². The van der Waals surface area contributed by atoms with Crippen LogP contribution in [0.15, 0.2) is 66.7 Å². The zero-order valence-electron chi connectivity index (χ0n) is 25.4. The van der Waals surface area contributed by atoms with E-state index in [4.69, 9.17) is 14.2 Å². The van der Waals surface area contributed by atoms with Gasteiger partial charge in [0, 0.05) is 24.2 Å². The molecule has 9 nitrogen and oxygen atoms in total. The van der Waals surface area contributed by atoms with Crippen LogP contribution in [0.25, 0.3) is 0 Å². The van der Waals surface area contributed by atoms with Crippen LogP contribution in [0.2, 0.25) is 0 Å². The first-order valence-corrected chi connectivity index (χ1v) is 14.4. The SMILES string of the molecule is Cc1ccc(C(C)C)c(Oc2ccc(NC(=O)CCCC(=O)OCC(=O)Nc3ccc(C(=O)OCC(C)C)cc3)cc2)c1. The predicted octanol–water partition coefficient (Wildman–Crippen LogP) is 7.01. The highest BCUT2D eigenvalue weighted by molar-refractivity contribution is 5.94. The molecule has 0 heterocycles. The number of esters is 2. The fraction of sp³-hybridized carbons (Fsp3) is 0.353. The molecule has 9 heteroatoms. The van der Waals surface area contributed by atoms with Crippen molar-refractivity contribution < 1.29 is 33.4 Å². The second-order valence-electron chi connectivity index (χ2n) is 11.0. The van der Waals surface area contributed by atoms with Crippen molar-refractivity contribution in [1.82, 2.24) is 0 Å². The molecule has 43 heavy (non-hydrogen) atoms. The van der Waals surface area contributed by atoms with Crippen molar-refractivity contribution in [3.05, 3.63) is 83.4 Å². The maximum absolute atomic E-state index is 12.3. The Hall–Kier alpha value is -4.66. The number of anilines is 2. The molecule has 0 aliphatic rings. The van der Waals surface area contributed by atoms with Crippen LogP contribution in [0.3, 0.4) is 0 Å². The summed E-state index contributed by atoms with van der Waals surface area (Å²) in [6.07, 6.45) is 0.384. The predicted molar refractivity (Wildman–Crippen MR) is 165 cm³/mol. The number of amides is 2. The number of hydrogen-bond acceptors (Lipinski definition) is 7. The van der Waals surface area contributed by atoms with Crippen molar-refractivity contribution in [2.24, 2.45) is 5.92 Å². The number of aryl methyl sites for hydroxylation is 1. The summed E-state index contributed by atoms with van der Waals surface area (Å²) in [6.45, 7) is 10.0. The molecule has 0 aliphatic heterocycles. The quantitative estimate of drug-likeness (QED) is 0.194. The second-order valence-corrected chi connectivity index (χ2v) is 11.0.